The van der Waals surface area contributed by atoms with Gasteiger partial charge in [0.25, 0.3) is 0 Å². The van der Waals surface area contributed by atoms with E-state index in [0.29, 0.717) is 79.5 Å². The number of ether oxygens (including phenoxy) is 3. The summed E-state index contributed by atoms with van der Waals surface area (Å²) in [6.07, 6.45) is 4.56. The molecule has 2 aliphatic carbocycles. The number of ketones is 2. The molecule has 0 bridgehead atoms. The van der Waals surface area contributed by atoms with E-state index in [-0.39, 0.29) is 22.4 Å². The molecule has 0 spiro atoms. The maximum absolute atomic E-state index is 13.7. The Labute approximate surface area is 237 Å². The third-order valence-corrected chi connectivity index (χ3v) is 7.96. The molecule has 0 N–H and O–H groups in total. The standard InChI is InChI=1S/C35H40O5/c1-7-12-23-15-24(16-27(38-8-2)33(23)39-21-22-13-10-9-11-14-22)30-31-25(36)17-34(3,4)19-28(31)40-29-20-35(5,6)18-26(37)32(29)30/h7,9-11,13-16,30H,1,8,12,17-21H2,2-6H3. The van der Waals surface area contributed by atoms with Crippen LogP contribution in [0.1, 0.15) is 82.9 Å². The monoisotopic (exact) mass is 540 g/mol. The zero-order valence-corrected chi connectivity index (χ0v) is 24.4. The largest absolute Gasteiger partial charge is 0.490 e. The fourth-order valence-corrected chi connectivity index (χ4v) is 6.32. The Bertz CT molecular complexity index is 1350. The van der Waals surface area contributed by atoms with Crippen molar-refractivity contribution in [3.8, 4) is 11.5 Å². The maximum Gasteiger partial charge on any atom is 0.165 e. The summed E-state index contributed by atoms with van der Waals surface area (Å²) in [7, 11) is 0. The Balaban J connectivity index is 1.67. The first kappa shape index (κ1) is 27.9. The summed E-state index contributed by atoms with van der Waals surface area (Å²) in [5.41, 5.74) is 3.66. The predicted octanol–water partition coefficient (Wildman–Crippen LogP) is 7.79. The number of hydrogen-bond donors (Lipinski definition) is 0. The second-order valence-corrected chi connectivity index (χ2v) is 12.8. The second-order valence-electron chi connectivity index (χ2n) is 12.8. The molecule has 0 unspecified atom stereocenters. The molecule has 0 amide bonds. The summed E-state index contributed by atoms with van der Waals surface area (Å²) in [4.78, 5) is 27.5. The first-order valence-electron chi connectivity index (χ1n) is 14.3. The van der Waals surface area contributed by atoms with E-state index >= 15 is 0 Å². The molecular weight excluding hydrogens is 500 g/mol. The SMILES string of the molecule is C=CCc1cc(C2C3=C(CC(C)(C)CC3=O)OC3=C2C(=O)CC(C)(C)C3)cc(OCC)c1OCc1ccccc1. The summed E-state index contributed by atoms with van der Waals surface area (Å²) in [5, 5.41) is 0. The van der Waals surface area contributed by atoms with Gasteiger partial charge in [0, 0.05) is 48.3 Å². The van der Waals surface area contributed by atoms with Crippen molar-refractivity contribution in [1.29, 1.82) is 0 Å². The molecule has 2 aromatic carbocycles. The van der Waals surface area contributed by atoms with Crippen LogP contribution in [-0.2, 0) is 27.4 Å². The number of hydrogen-bond acceptors (Lipinski definition) is 5. The molecule has 0 saturated heterocycles. The summed E-state index contributed by atoms with van der Waals surface area (Å²) >= 11 is 0. The Morgan fingerprint density at radius 2 is 1.50 bits per heavy atom. The van der Waals surface area contributed by atoms with E-state index in [1.165, 1.54) is 0 Å². The summed E-state index contributed by atoms with van der Waals surface area (Å²) in [6, 6.07) is 14.0. The van der Waals surface area contributed by atoms with Gasteiger partial charge in [-0.15, -0.1) is 6.58 Å². The van der Waals surface area contributed by atoms with Gasteiger partial charge in [-0.05, 0) is 41.4 Å². The van der Waals surface area contributed by atoms with Crippen molar-refractivity contribution in [2.45, 2.75) is 79.2 Å². The molecule has 5 nitrogen and oxygen atoms in total. The molecule has 0 aromatic heterocycles. The van der Waals surface area contributed by atoms with Crippen molar-refractivity contribution in [3.05, 3.63) is 94.5 Å². The van der Waals surface area contributed by atoms with Gasteiger partial charge in [0.15, 0.2) is 23.1 Å². The molecule has 0 saturated carbocycles. The average Bonchev–Trinajstić information content (AvgIpc) is 2.86. The van der Waals surface area contributed by atoms with Gasteiger partial charge in [-0.3, -0.25) is 9.59 Å². The third kappa shape index (κ3) is 5.52. The van der Waals surface area contributed by atoms with Crippen LogP contribution in [0.5, 0.6) is 11.5 Å². The number of rotatable bonds is 8. The van der Waals surface area contributed by atoms with Crippen LogP contribution < -0.4 is 9.47 Å². The van der Waals surface area contributed by atoms with Crippen LogP contribution in [0.4, 0.5) is 0 Å². The molecule has 5 heteroatoms. The van der Waals surface area contributed by atoms with Gasteiger partial charge in [0.2, 0.25) is 0 Å². The minimum atomic E-state index is -0.489. The molecule has 0 atom stereocenters. The maximum atomic E-state index is 13.7. The first-order valence-corrected chi connectivity index (χ1v) is 14.3. The minimum absolute atomic E-state index is 0.0491. The Morgan fingerprint density at radius 3 is 2.05 bits per heavy atom. The van der Waals surface area contributed by atoms with Crippen molar-refractivity contribution in [1.82, 2.24) is 0 Å². The van der Waals surface area contributed by atoms with Crippen LogP contribution in [0.3, 0.4) is 0 Å². The number of carbonyl (C=O) groups is 2. The summed E-state index contributed by atoms with van der Waals surface area (Å²) < 4.78 is 19.0. The Hall–Kier alpha value is -3.60. The van der Waals surface area contributed by atoms with Crippen molar-refractivity contribution in [2.24, 2.45) is 10.8 Å². The van der Waals surface area contributed by atoms with Gasteiger partial charge >= 0.3 is 0 Å². The molecule has 1 aliphatic heterocycles. The van der Waals surface area contributed by atoms with Crippen LogP contribution >= 0.6 is 0 Å². The van der Waals surface area contributed by atoms with Crippen molar-refractivity contribution in [2.75, 3.05) is 6.61 Å². The molecule has 40 heavy (non-hydrogen) atoms. The van der Waals surface area contributed by atoms with E-state index in [9.17, 15) is 9.59 Å². The normalized spacial score (nSPS) is 20.0. The van der Waals surface area contributed by atoms with Gasteiger partial charge in [-0.2, -0.15) is 0 Å². The highest BCUT2D eigenvalue weighted by molar-refractivity contribution is 6.06. The second kappa shape index (κ2) is 10.8. The van der Waals surface area contributed by atoms with Crippen LogP contribution in [0.2, 0.25) is 0 Å². The molecule has 0 radical (unpaired) electrons. The van der Waals surface area contributed by atoms with Crippen LogP contribution in [0.15, 0.2) is 77.8 Å². The van der Waals surface area contributed by atoms with E-state index < -0.39 is 5.92 Å². The Morgan fingerprint density at radius 1 is 0.900 bits per heavy atom. The number of Topliss-reactive ketones (excluding diaryl/α,β-unsaturated/α-hetero) is 2. The molecule has 0 fully saturated rings. The topological polar surface area (TPSA) is 61.8 Å². The molecule has 3 aliphatic rings. The van der Waals surface area contributed by atoms with E-state index in [4.69, 9.17) is 14.2 Å². The highest BCUT2D eigenvalue weighted by atomic mass is 16.5. The van der Waals surface area contributed by atoms with Gasteiger partial charge in [0.05, 0.1) is 6.61 Å². The highest BCUT2D eigenvalue weighted by Crippen LogP contribution is 2.54. The highest BCUT2D eigenvalue weighted by Gasteiger charge is 2.48. The van der Waals surface area contributed by atoms with Crippen LogP contribution in [0.25, 0.3) is 0 Å². The van der Waals surface area contributed by atoms with Gasteiger partial charge in [0.1, 0.15) is 18.1 Å². The fourth-order valence-electron chi connectivity index (χ4n) is 6.32. The van der Waals surface area contributed by atoms with Gasteiger partial charge in [-0.1, -0.05) is 70.2 Å². The summed E-state index contributed by atoms with van der Waals surface area (Å²) in [5.74, 6) is 2.30. The molecule has 210 valence electrons. The molecular formula is C35H40O5. The van der Waals surface area contributed by atoms with Crippen molar-refractivity contribution >= 4 is 11.6 Å². The van der Waals surface area contributed by atoms with Crippen LogP contribution in [0, 0.1) is 10.8 Å². The van der Waals surface area contributed by atoms with Gasteiger partial charge in [-0.25, -0.2) is 0 Å². The quantitative estimate of drug-likeness (QED) is 0.320. The molecule has 1 heterocycles. The first-order chi connectivity index (χ1) is 19.0. The summed E-state index contributed by atoms with van der Waals surface area (Å²) in [6.45, 7) is 15.2. The average molecular weight is 541 g/mol. The van der Waals surface area contributed by atoms with Crippen molar-refractivity contribution in [3.63, 3.8) is 0 Å². The zero-order valence-electron chi connectivity index (χ0n) is 24.4. The third-order valence-electron chi connectivity index (χ3n) is 7.96. The lowest BCUT2D eigenvalue weighted by molar-refractivity contribution is -0.120. The van der Waals surface area contributed by atoms with E-state index in [1.54, 1.807) is 0 Å². The minimum Gasteiger partial charge on any atom is -0.490 e. The van der Waals surface area contributed by atoms with E-state index in [2.05, 4.69) is 40.3 Å². The number of benzene rings is 2. The number of allylic oxidation sites excluding steroid dienone is 5. The lowest BCUT2D eigenvalue weighted by Gasteiger charge is -2.42. The van der Waals surface area contributed by atoms with E-state index in [0.717, 1.165) is 16.7 Å². The number of carbonyl (C=O) groups excluding carboxylic acids is 2. The smallest absolute Gasteiger partial charge is 0.165 e. The van der Waals surface area contributed by atoms with Crippen LogP contribution in [-0.4, -0.2) is 18.2 Å². The van der Waals surface area contributed by atoms with Gasteiger partial charge < -0.3 is 14.2 Å². The van der Waals surface area contributed by atoms with E-state index in [1.807, 2.05) is 49.4 Å². The molecule has 5 rings (SSSR count). The Kier molecular flexibility index (Phi) is 7.52. The lowest BCUT2D eigenvalue weighted by Crippen LogP contribution is -2.37. The zero-order chi connectivity index (χ0) is 28.7. The van der Waals surface area contributed by atoms with Crippen molar-refractivity contribution < 1.29 is 23.8 Å². The lowest BCUT2D eigenvalue weighted by atomic mass is 9.65. The fraction of sp³-hybridized carbons (Fsp3) is 0.429. The molecule has 2 aromatic rings. The predicted molar refractivity (Wildman–Crippen MR) is 156 cm³/mol.